The van der Waals surface area contributed by atoms with Crippen molar-refractivity contribution in [3.63, 3.8) is 0 Å². The zero-order valence-electron chi connectivity index (χ0n) is 12.6. The molecule has 20 heavy (non-hydrogen) atoms. The molecular formula is C17H27NO2. The number of aliphatic hydroxyl groups excluding tert-OH is 1. The molecular weight excluding hydrogens is 250 g/mol. The van der Waals surface area contributed by atoms with E-state index in [0.717, 1.165) is 12.3 Å². The van der Waals surface area contributed by atoms with E-state index in [1.54, 1.807) is 7.11 Å². The van der Waals surface area contributed by atoms with Gasteiger partial charge < -0.3 is 15.2 Å². The molecule has 3 nitrogen and oxygen atoms in total. The lowest BCUT2D eigenvalue weighted by molar-refractivity contribution is 0.131. The summed E-state index contributed by atoms with van der Waals surface area (Å²) in [5.41, 5.74) is 1.25. The summed E-state index contributed by atoms with van der Waals surface area (Å²) in [5.74, 6) is 2.00. The Morgan fingerprint density at radius 2 is 2.05 bits per heavy atom. The molecule has 2 rings (SSSR count). The Morgan fingerprint density at radius 1 is 1.30 bits per heavy atom. The van der Waals surface area contributed by atoms with Crippen molar-refractivity contribution in [3.8, 4) is 5.75 Å². The van der Waals surface area contributed by atoms with Crippen LogP contribution in [0.5, 0.6) is 5.75 Å². The topological polar surface area (TPSA) is 41.5 Å². The van der Waals surface area contributed by atoms with Crippen molar-refractivity contribution in [2.24, 2.45) is 11.8 Å². The summed E-state index contributed by atoms with van der Waals surface area (Å²) in [6.07, 6.45) is 4.99. The molecule has 1 saturated carbocycles. The van der Waals surface area contributed by atoms with Crippen LogP contribution in [0.25, 0.3) is 0 Å². The molecule has 2 N–H and O–H groups in total. The van der Waals surface area contributed by atoms with E-state index in [1.807, 2.05) is 12.1 Å². The average Bonchev–Trinajstić information content (AvgIpc) is 2.52. The van der Waals surface area contributed by atoms with E-state index in [9.17, 15) is 5.11 Å². The molecule has 0 saturated heterocycles. The van der Waals surface area contributed by atoms with Gasteiger partial charge in [-0.05, 0) is 55.8 Å². The van der Waals surface area contributed by atoms with Crippen molar-refractivity contribution < 1.29 is 9.84 Å². The molecule has 0 aliphatic heterocycles. The van der Waals surface area contributed by atoms with Crippen molar-refractivity contribution in [1.82, 2.24) is 5.32 Å². The van der Waals surface area contributed by atoms with E-state index in [4.69, 9.17) is 4.74 Å². The third-order valence-corrected chi connectivity index (χ3v) is 4.58. The van der Waals surface area contributed by atoms with Crippen LogP contribution >= 0.6 is 0 Å². The highest BCUT2D eigenvalue weighted by Gasteiger charge is 2.24. The van der Waals surface area contributed by atoms with Gasteiger partial charge in [-0.15, -0.1) is 0 Å². The van der Waals surface area contributed by atoms with Crippen LogP contribution in [0.1, 0.15) is 44.2 Å². The van der Waals surface area contributed by atoms with Gasteiger partial charge in [0.15, 0.2) is 0 Å². The van der Waals surface area contributed by atoms with Crippen LogP contribution in [-0.4, -0.2) is 25.4 Å². The number of hydrogen-bond acceptors (Lipinski definition) is 3. The maximum absolute atomic E-state index is 9.47. The first-order valence-electron chi connectivity index (χ1n) is 7.72. The van der Waals surface area contributed by atoms with Crippen molar-refractivity contribution >= 4 is 0 Å². The normalized spacial score (nSPS) is 24.4. The van der Waals surface area contributed by atoms with Gasteiger partial charge >= 0.3 is 0 Å². The van der Waals surface area contributed by atoms with Crippen LogP contribution in [0.15, 0.2) is 24.3 Å². The first kappa shape index (κ1) is 15.3. The molecule has 3 heteroatoms. The Kier molecular flexibility index (Phi) is 5.86. The van der Waals surface area contributed by atoms with E-state index < -0.39 is 0 Å². The van der Waals surface area contributed by atoms with E-state index in [-0.39, 0.29) is 0 Å². The van der Waals surface area contributed by atoms with Gasteiger partial charge in [-0.1, -0.05) is 25.0 Å². The highest BCUT2D eigenvalue weighted by Crippen LogP contribution is 2.29. The lowest BCUT2D eigenvalue weighted by Crippen LogP contribution is -2.33. The fraction of sp³-hybridized carbons (Fsp3) is 0.647. The van der Waals surface area contributed by atoms with E-state index >= 15 is 0 Å². The summed E-state index contributed by atoms with van der Waals surface area (Å²) in [4.78, 5) is 0. The second-order valence-corrected chi connectivity index (χ2v) is 5.89. The molecule has 0 radical (unpaired) electrons. The van der Waals surface area contributed by atoms with Crippen LogP contribution in [0.4, 0.5) is 0 Å². The second-order valence-electron chi connectivity index (χ2n) is 5.89. The molecule has 112 valence electrons. The van der Waals surface area contributed by atoms with Gasteiger partial charge in [0.2, 0.25) is 0 Å². The maximum atomic E-state index is 9.47. The van der Waals surface area contributed by atoms with Gasteiger partial charge in [-0.3, -0.25) is 0 Å². The molecule has 0 bridgehead atoms. The summed E-state index contributed by atoms with van der Waals surface area (Å²) in [6.45, 7) is 3.51. The number of rotatable bonds is 6. The predicted octanol–water partition coefficient (Wildman–Crippen LogP) is 3.14. The van der Waals surface area contributed by atoms with Crippen molar-refractivity contribution in [2.45, 2.75) is 38.6 Å². The van der Waals surface area contributed by atoms with Gasteiger partial charge in [0.1, 0.15) is 5.75 Å². The molecule has 0 amide bonds. The first-order valence-corrected chi connectivity index (χ1v) is 7.72. The molecule has 1 fully saturated rings. The molecule has 0 heterocycles. The van der Waals surface area contributed by atoms with Gasteiger partial charge in [0, 0.05) is 12.6 Å². The lowest BCUT2D eigenvalue weighted by atomic mass is 9.79. The molecule has 1 aromatic carbocycles. The van der Waals surface area contributed by atoms with Gasteiger partial charge in [-0.2, -0.15) is 0 Å². The monoisotopic (exact) mass is 277 g/mol. The minimum absolute atomic E-state index is 0.311. The molecule has 3 unspecified atom stereocenters. The quantitative estimate of drug-likeness (QED) is 0.839. The van der Waals surface area contributed by atoms with Gasteiger partial charge in [0.05, 0.1) is 7.11 Å². The second kappa shape index (κ2) is 7.65. The number of aliphatic hydroxyl groups is 1. The summed E-state index contributed by atoms with van der Waals surface area (Å²) in [5, 5.41) is 13.1. The summed E-state index contributed by atoms with van der Waals surface area (Å²) < 4.78 is 5.27. The van der Waals surface area contributed by atoms with Crippen LogP contribution in [-0.2, 0) is 0 Å². The molecule has 1 aromatic rings. The van der Waals surface area contributed by atoms with E-state index in [2.05, 4.69) is 24.4 Å². The zero-order valence-corrected chi connectivity index (χ0v) is 12.6. The Hall–Kier alpha value is -1.06. The number of benzene rings is 1. The molecule has 0 aromatic heterocycles. The van der Waals surface area contributed by atoms with Crippen molar-refractivity contribution in [3.05, 3.63) is 29.8 Å². The first-order chi connectivity index (χ1) is 9.74. The lowest BCUT2D eigenvalue weighted by Gasteiger charge is -2.31. The Bertz CT molecular complexity index is 408. The fourth-order valence-electron chi connectivity index (χ4n) is 3.15. The van der Waals surface area contributed by atoms with E-state index in [1.165, 1.54) is 31.2 Å². The number of nitrogens with one attached hydrogen (secondary N) is 1. The van der Waals surface area contributed by atoms with Crippen LogP contribution in [0.2, 0.25) is 0 Å². The van der Waals surface area contributed by atoms with Gasteiger partial charge in [-0.25, -0.2) is 0 Å². The maximum Gasteiger partial charge on any atom is 0.119 e. The Balaban J connectivity index is 1.88. The number of hydrogen-bond donors (Lipinski definition) is 2. The smallest absolute Gasteiger partial charge is 0.119 e. The standard InChI is InChI=1S/C17H27NO2/c1-13(14-8-5-9-17(10-14)20-2)18-11-15-6-3-4-7-16(15)12-19/h5,8-10,13,15-16,18-19H,3-4,6-7,11-12H2,1-2H3. The van der Waals surface area contributed by atoms with Crippen LogP contribution in [0, 0.1) is 11.8 Å². The predicted molar refractivity (Wildman–Crippen MR) is 81.9 cm³/mol. The van der Waals surface area contributed by atoms with Crippen molar-refractivity contribution in [2.75, 3.05) is 20.3 Å². The number of ether oxygens (including phenoxy) is 1. The largest absolute Gasteiger partial charge is 0.497 e. The highest BCUT2D eigenvalue weighted by atomic mass is 16.5. The minimum Gasteiger partial charge on any atom is -0.497 e. The minimum atomic E-state index is 0.311. The molecule has 1 aliphatic carbocycles. The summed E-state index contributed by atoms with van der Waals surface area (Å²) >= 11 is 0. The summed E-state index contributed by atoms with van der Waals surface area (Å²) in [7, 11) is 1.70. The molecule has 1 aliphatic rings. The zero-order chi connectivity index (χ0) is 14.4. The molecule has 0 spiro atoms. The van der Waals surface area contributed by atoms with Crippen LogP contribution in [0.3, 0.4) is 0 Å². The Labute approximate surface area is 122 Å². The highest BCUT2D eigenvalue weighted by molar-refractivity contribution is 5.30. The summed E-state index contributed by atoms with van der Waals surface area (Å²) in [6, 6.07) is 8.53. The number of methoxy groups -OCH3 is 1. The average molecular weight is 277 g/mol. The van der Waals surface area contributed by atoms with Crippen LogP contribution < -0.4 is 10.1 Å². The van der Waals surface area contributed by atoms with Crippen molar-refractivity contribution in [1.29, 1.82) is 0 Å². The fourth-order valence-corrected chi connectivity index (χ4v) is 3.15. The molecule has 3 atom stereocenters. The SMILES string of the molecule is COc1cccc(C(C)NCC2CCCCC2CO)c1. The third-order valence-electron chi connectivity index (χ3n) is 4.58. The third kappa shape index (κ3) is 3.97. The Morgan fingerprint density at radius 3 is 2.75 bits per heavy atom. The van der Waals surface area contributed by atoms with Gasteiger partial charge in [0.25, 0.3) is 0 Å². The van der Waals surface area contributed by atoms with E-state index in [0.29, 0.717) is 24.5 Å².